The average molecular weight is 551 g/mol. The Bertz CT molecular complexity index is 1310. The highest BCUT2D eigenvalue weighted by Crippen LogP contribution is 2.28. The summed E-state index contributed by atoms with van der Waals surface area (Å²) in [7, 11) is -3.70. The summed E-state index contributed by atoms with van der Waals surface area (Å²) in [4.78, 5) is 30.5. The maximum absolute atomic E-state index is 14.0. The molecule has 0 fully saturated rings. The zero-order valence-electron chi connectivity index (χ0n) is 17.6. The van der Waals surface area contributed by atoms with Gasteiger partial charge in [-0.1, -0.05) is 6.07 Å². The predicted octanol–water partition coefficient (Wildman–Crippen LogP) is 3.22. The van der Waals surface area contributed by atoms with E-state index in [1.165, 1.54) is 42.6 Å². The van der Waals surface area contributed by atoms with E-state index in [0.29, 0.717) is 16.6 Å². The monoisotopic (exact) mass is 550 g/mol. The van der Waals surface area contributed by atoms with Gasteiger partial charge in [0.1, 0.15) is 17.9 Å². The Hall–Kier alpha value is -3.42. The summed E-state index contributed by atoms with van der Waals surface area (Å²) >= 11 is 3.30. The number of nitrogens with zero attached hydrogens (tertiary/aromatic N) is 2. The molecular formula is C21H20BrFN6O4S. The van der Waals surface area contributed by atoms with Gasteiger partial charge in [-0.15, -0.1) is 0 Å². The van der Waals surface area contributed by atoms with Crippen molar-refractivity contribution in [2.24, 2.45) is 5.73 Å². The second kappa shape index (κ2) is 11.1. The summed E-state index contributed by atoms with van der Waals surface area (Å²) in [6.07, 6.45) is 2.87. The minimum Gasteiger partial charge on any atom is -0.365 e. The lowest BCUT2D eigenvalue weighted by molar-refractivity contribution is -0.107. The van der Waals surface area contributed by atoms with Crippen molar-refractivity contribution in [1.29, 1.82) is 0 Å². The minimum atomic E-state index is -3.70. The fourth-order valence-electron chi connectivity index (χ4n) is 2.84. The number of nitrogens with two attached hydrogens (primary N) is 1. The molecule has 10 nitrogen and oxygen atoms in total. The number of aldehydes is 1. The lowest BCUT2D eigenvalue weighted by Crippen LogP contribution is -2.24. The van der Waals surface area contributed by atoms with Gasteiger partial charge in [0.2, 0.25) is 16.0 Å². The van der Waals surface area contributed by atoms with Crippen LogP contribution in [0.3, 0.4) is 0 Å². The molecule has 0 aliphatic rings. The summed E-state index contributed by atoms with van der Waals surface area (Å²) in [5, 5.41) is 5.80. The van der Waals surface area contributed by atoms with Crippen molar-refractivity contribution >= 4 is 61.3 Å². The zero-order valence-corrected chi connectivity index (χ0v) is 20.0. The number of hydrogen-bond donors (Lipinski definition) is 4. The van der Waals surface area contributed by atoms with Crippen LogP contribution < -0.4 is 21.1 Å². The molecule has 0 aliphatic carbocycles. The van der Waals surface area contributed by atoms with Gasteiger partial charge in [0, 0.05) is 24.8 Å². The molecule has 0 atom stereocenters. The van der Waals surface area contributed by atoms with Gasteiger partial charge in [-0.2, -0.15) is 4.98 Å². The van der Waals surface area contributed by atoms with Gasteiger partial charge in [0.15, 0.2) is 0 Å². The van der Waals surface area contributed by atoms with Crippen LogP contribution >= 0.6 is 15.9 Å². The molecule has 1 heterocycles. The Morgan fingerprint density at radius 1 is 1.15 bits per heavy atom. The zero-order chi connectivity index (χ0) is 24.7. The van der Waals surface area contributed by atoms with E-state index < -0.39 is 21.7 Å². The molecule has 0 aliphatic heterocycles. The lowest BCUT2D eigenvalue weighted by Gasteiger charge is -2.13. The first-order valence-corrected chi connectivity index (χ1v) is 12.2. The van der Waals surface area contributed by atoms with Crippen LogP contribution in [-0.2, 0) is 14.8 Å². The van der Waals surface area contributed by atoms with Crippen LogP contribution in [-0.4, -0.2) is 37.1 Å². The van der Waals surface area contributed by atoms with Crippen molar-refractivity contribution in [1.82, 2.24) is 14.7 Å². The first-order valence-electron chi connectivity index (χ1n) is 9.89. The van der Waals surface area contributed by atoms with E-state index in [9.17, 15) is 22.4 Å². The van der Waals surface area contributed by atoms with Crippen LogP contribution in [0.5, 0.6) is 0 Å². The Kier molecular flexibility index (Phi) is 8.26. The van der Waals surface area contributed by atoms with Crippen molar-refractivity contribution in [2.75, 3.05) is 17.2 Å². The average Bonchev–Trinajstić information content (AvgIpc) is 2.79. The van der Waals surface area contributed by atoms with Crippen LogP contribution in [0.4, 0.5) is 27.5 Å². The van der Waals surface area contributed by atoms with Crippen LogP contribution in [0.15, 0.2) is 58.0 Å². The Morgan fingerprint density at radius 2 is 1.88 bits per heavy atom. The van der Waals surface area contributed by atoms with Gasteiger partial charge in [0.25, 0.3) is 5.91 Å². The van der Waals surface area contributed by atoms with Gasteiger partial charge >= 0.3 is 0 Å². The second-order valence-corrected chi connectivity index (χ2v) is 9.52. The third-order valence-corrected chi connectivity index (χ3v) is 6.53. The number of anilines is 4. The Morgan fingerprint density at radius 3 is 2.56 bits per heavy atom. The molecule has 0 saturated heterocycles. The van der Waals surface area contributed by atoms with E-state index in [4.69, 9.17) is 5.73 Å². The van der Waals surface area contributed by atoms with E-state index in [1.807, 2.05) is 0 Å². The highest BCUT2D eigenvalue weighted by Gasteiger charge is 2.16. The number of sulfonamides is 1. The van der Waals surface area contributed by atoms with Gasteiger partial charge < -0.3 is 21.2 Å². The molecule has 5 N–H and O–H groups in total. The molecule has 178 valence electrons. The van der Waals surface area contributed by atoms with Crippen LogP contribution in [0, 0.1) is 5.82 Å². The van der Waals surface area contributed by atoms with E-state index in [0.717, 1.165) is 12.4 Å². The number of hydrogen-bond acceptors (Lipinski definition) is 8. The largest absolute Gasteiger partial charge is 0.365 e. The Labute approximate surface area is 203 Å². The highest BCUT2D eigenvalue weighted by atomic mass is 79.9. The van der Waals surface area contributed by atoms with Gasteiger partial charge in [0.05, 0.1) is 20.6 Å². The van der Waals surface area contributed by atoms with Gasteiger partial charge in [-0.05, 0) is 58.7 Å². The number of unbranched alkanes of at least 4 members (excludes halogenated alkanes) is 1. The quantitative estimate of drug-likeness (QED) is 0.209. The molecule has 13 heteroatoms. The van der Waals surface area contributed by atoms with Crippen molar-refractivity contribution in [3.63, 3.8) is 0 Å². The second-order valence-electron chi connectivity index (χ2n) is 6.90. The number of primary amides is 1. The SMILES string of the molecule is NC(=O)c1c(F)cccc1Nc1nc(Nc2ccc(S(=O)(=O)NCCCC=O)cc2)ncc1Br. The third-order valence-electron chi connectivity index (χ3n) is 4.47. The molecule has 0 unspecified atom stereocenters. The normalized spacial score (nSPS) is 11.1. The lowest BCUT2D eigenvalue weighted by atomic mass is 10.1. The number of halogens is 2. The molecule has 0 radical (unpaired) electrons. The predicted molar refractivity (Wildman–Crippen MR) is 128 cm³/mol. The molecule has 0 bridgehead atoms. The van der Waals surface area contributed by atoms with E-state index in [-0.39, 0.29) is 40.9 Å². The summed E-state index contributed by atoms with van der Waals surface area (Å²) < 4.78 is 41.5. The number of carbonyl (C=O) groups excluding carboxylic acids is 2. The molecule has 3 aromatic rings. The number of carbonyl (C=O) groups is 2. The number of amides is 1. The molecular weight excluding hydrogens is 531 g/mol. The maximum atomic E-state index is 14.0. The first-order chi connectivity index (χ1) is 16.2. The van der Waals surface area contributed by atoms with Crippen molar-refractivity contribution < 1.29 is 22.4 Å². The van der Waals surface area contributed by atoms with Crippen LogP contribution in [0.1, 0.15) is 23.2 Å². The topological polar surface area (TPSA) is 156 Å². The summed E-state index contributed by atoms with van der Waals surface area (Å²) in [5.41, 5.74) is 5.62. The molecule has 3 rings (SSSR count). The maximum Gasteiger partial charge on any atom is 0.253 e. The highest BCUT2D eigenvalue weighted by molar-refractivity contribution is 9.10. The van der Waals surface area contributed by atoms with Crippen LogP contribution in [0.25, 0.3) is 0 Å². The molecule has 34 heavy (non-hydrogen) atoms. The van der Waals surface area contributed by atoms with Crippen molar-refractivity contribution in [3.8, 4) is 0 Å². The fraction of sp³-hybridized carbons (Fsp3) is 0.143. The minimum absolute atomic E-state index is 0.0633. The van der Waals surface area contributed by atoms with Crippen molar-refractivity contribution in [2.45, 2.75) is 17.7 Å². The fourth-order valence-corrected chi connectivity index (χ4v) is 4.21. The first kappa shape index (κ1) is 25.2. The molecule has 0 spiro atoms. The molecule has 2 aromatic carbocycles. The molecule has 0 saturated carbocycles. The molecule has 1 amide bonds. The Balaban J connectivity index is 1.75. The number of rotatable bonds is 11. The standard InChI is InChI=1S/C21H20BrFN6O4S/c22-15-12-25-21(29-20(15)28-17-5-3-4-16(23)18(17)19(24)31)27-13-6-8-14(9-7-13)34(32,33)26-10-1-2-11-30/h3-9,11-12,26H,1-2,10H2,(H2,24,31)(H2,25,27,28,29). The summed E-state index contributed by atoms with van der Waals surface area (Å²) in [6, 6.07) is 9.93. The third kappa shape index (κ3) is 6.34. The van der Waals surface area contributed by atoms with Gasteiger partial charge in [-0.3, -0.25) is 4.79 Å². The smallest absolute Gasteiger partial charge is 0.253 e. The number of benzene rings is 2. The van der Waals surface area contributed by atoms with Gasteiger partial charge in [-0.25, -0.2) is 22.5 Å². The van der Waals surface area contributed by atoms with Crippen LogP contribution in [0.2, 0.25) is 0 Å². The van der Waals surface area contributed by atoms with E-state index >= 15 is 0 Å². The number of aromatic nitrogens is 2. The van der Waals surface area contributed by atoms with Crippen molar-refractivity contribution in [3.05, 3.63) is 64.5 Å². The number of nitrogens with one attached hydrogen (secondary N) is 3. The summed E-state index contributed by atoms with van der Waals surface area (Å²) in [6.45, 7) is 0.159. The van der Waals surface area contributed by atoms with E-state index in [2.05, 4.69) is 41.3 Å². The molecule has 1 aromatic heterocycles. The summed E-state index contributed by atoms with van der Waals surface area (Å²) in [5.74, 6) is -1.30. The van der Waals surface area contributed by atoms with E-state index in [1.54, 1.807) is 0 Å².